The quantitative estimate of drug-likeness (QED) is 0.860. The van der Waals surface area contributed by atoms with Gasteiger partial charge in [0.1, 0.15) is 0 Å². The second-order valence-corrected chi connectivity index (χ2v) is 8.71. The van der Waals surface area contributed by atoms with Gasteiger partial charge in [-0.1, -0.05) is 24.3 Å². The molecule has 0 bridgehead atoms. The Morgan fingerprint density at radius 2 is 1.68 bits per heavy atom. The molecular weight excluding hydrogens is 350 g/mol. The van der Waals surface area contributed by atoms with Gasteiger partial charge in [0, 0.05) is 28.9 Å². The highest BCUT2D eigenvalue weighted by molar-refractivity contribution is 5.94. The Hall–Kier alpha value is -2.50. The van der Waals surface area contributed by atoms with Crippen molar-refractivity contribution in [1.29, 1.82) is 0 Å². The average molecular weight is 378 g/mol. The van der Waals surface area contributed by atoms with Gasteiger partial charge in [-0.2, -0.15) is 0 Å². The van der Waals surface area contributed by atoms with Crippen LogP contribution in [-0.4, -0.2) is 33.1 Å². The summed E-state index contributed by atoms with van der Waals surface area (Å²) in [6.45, 7) is 7.73. The summed E-state index contributed by atoms with van der Waals surface area (Å²) in [5, 5.41) is 16.7. The lowest BCUT2D eigenvalue weighted by atomic mass is 9.79. The Bertz CT molecular complexity index is 824. The molecule has 0 saturated carbocycles. The highest BCUT2D eigenvalue weighted by Crippen LogP contribution is 2.37. The van der Waals surface area contributed by atoms with E-state index in [4.69, 9.17) is 0 Å². The molecule has 5 nitrogen and oxygen atoms in total. The van der Waals surface area contributed by atoms with Gasteiger partial charge in [0.25, 0.3) is 5.91 Å². The van der Waals surface area contributed by atoms with Gasteiger partial charge in [-0.15, -0.1) is 10.3 Å². The van der Waals surface area contributed by atoms with E-state index < -0.39 is 11.1 Å². The topological polar surface area (TPSA) is 65.1 Å². The first-order chi connectivity index (χ1) is 13.2. The minimum atomic E-state index is -0.500. The Morgan fingerprint density at radius 1 is 1.04 bits per heavy atom. The number of pyridine rings is 1. The van der Waals surface area contributed by atoms with Crippen molar-refractivity contribution >= 4 is 18.1 Å². The first-order valence-electron chi connectivity index (χ1n) is 9.65. The molecule has 1 radical (unpaired) electrons. The molecule has 1 amide bonds. The molecule has 5 heteroatoms. The SMILES string of the molecule is CC1(C)CC(NC(=O)c2ccc(/C=C/c3ccccn3)cc2)CC(C)(C)N1[O]. The number of aromatic nitrogens is 1. The second kappa shape index (κ2) is 7.86. The maximum absolute atomic E-state index is 12.7. The highest BCUT2D eigenvalue weighted by Gasteiger charge is 2.46. The van der Waals surface area contributed by atoms with Gasteiger partial charge < -0.3 is 5.32 Å². The molecule has 0 unspecified atom stereocenters. The number of hydrogen-bond donors (Lipinski definition) is 1. The Balaban J connectivity index is 1.64. The molecule has 1 aromatic carbocycles. The first-order valence-corrected chi connectivity index (χ1v) is 9.65. The predicted molar refractivity (Wildman–Crippen MR) is 111 cm³/mol. The summed E-state index contributed by atoms with van der Waals surface area (Å²) in [4.78, 5) is 16.9. The van der Waals surface area contributed by atoms with E-state index in [-0.39, 0.29) is 11.9 Å². The summed E-state index contributed by atoms with van der Waals surface area (Å²) in [5.41, 5.74) is 1.51. The Labute approximate surface area is 167 Å². The van der Waals surface area contributed by atoms with E-state index in [1.54, 1.807) is 6.20 Å². The molecule has 147 valence electrons. The van der Waals surface area contributed by atoms with Crippen LogP contribution in [0.5, 0.6) is 0 Å². The largest absolute Gasteiger partial charge is 0.349 e. The Kier molecular flexibility index (Phi) is 5.68. The van der Waals surface area contributed by atoms with Gasteiger partial charge in [0.2, 0.25) is 0 Å². The van der Waals surface area contributed by atoms with Crippen LogP contribution in [0.2, 0.25) is 0 Å². The second-order valence-electron chi connectivity index (χ2n) is 8.71. The third kappa shape index (κ3) is 4.66. The molecule has 1 saturated heterocycles. The summed E-state index contributed by atoms with van der Waals surface area (Å²) in [6, 6.07) is 13.2. The van der Waals surface area contributed by atoms with E-state index in [0.29, 0.717) is 18.4 Å². The van der Waals surface area contributed by atoms with Gasteiger partial charge in [0.15, 0.2) is 0 Å². The van der Waals surface area contributed by atoms with E-state index in [9.17, 15) is 10.0 Å². The minimum absolute atomic E-state index is 0.0218. The zero-order chi connectivity index (χ0) is 20.4. The molecule has 0 spiro atoms. The molecule has 3 rings (SSSR count). The van der Waals surface area contributed by atoms with Gasteiger partial charge >= 0.3 is 0 Å². The van der Waals surface area contributed by atoms with E-state index in [1.165, 1.54) is 5.06 Å². The molecule has 1 aliphatic rings. The number of nitrogens with zero attached hydrogens (tertiary/aromatic N) is 2. The third-order valence-electron chi connectivity index (χ3n) is 5.23. The first kappa shape index (κ1) is 20.2. The molecule has 2 aromatic rings. The number of hydroxylamine groups is 2. The van der Waals surface area contributed by atoms with Crippen molar-refractivity contribution < 1.29 is 10.0 Å². The van der Waals surface area contributed by atoms with Crippen LogP contribution < -0.4 is 5.32 Å². The van der Waals surface area contributed by atoms with Crippen molar-refractivity contribution in [2.45, 2.75) is 57.7 Å². The minimum Gasteiger partial charge on any atom is -0.349 e. The van der Waals surface area contributed by atoms with E-state index >= 15 is 0 Å². The van der Waals surface area contributed by atoms with Gasteiger partial charge in [-0.3, -0.25) is 9.78 Å². The number of nitrogens with one attached hydrogen (secondary N) is 1. The maximum atomic E-state index is 12.7. The molecule has 1 aromatic heterocycles. The van der Waals surface area contributed by atoms with Gasteiger partial charge in [0.05, 0.1) is 5.69 Å². The van der Waals surface area contributed by atoms with Crippen LogP contribution in [0.1, 0.15) is 62.2 Å². The number of carbonyl (C=O) groups excluding carboxylic acids is 1. The van der Waals surface area contributed by atoms with Crippen LogP contribution >= 0.6 is 0 Å². The van der Waals surface area contributed by atoms with Crippen LogP contribution in [0.25, 0.3) is 12.2 Å². The van der Waals surface area contributed by atoms with E-state index in [2.05, 4.69) is 10.3 Å². The fourth-order valence-corrected chi connectivity index (χ4v) is 4.04. The molecule has 1 N–H and O–H groups in total. The van der Waals surface area contributed by atoms with Crippen LogP contribution in [0.3, 0.4) is 0 Å². The summed E-state index contributed by atoms with van der Waals surface area (Å²) >= 11 is 0. The smallest absolute Gasteiger partial charge is 0.251 e. The normalized spacial score (nSPS) is 19.6. The molecule has 0 atom stereocenters. The van der Waals surface area contributed by atoms with Crippen molar-refractivity contribution in [3.63, 3.8) is 0 Å². The molecule has 1 fully saturated rings. The highest BCUT2D eigenvalue weighted by atomic mass is 16.5. The van der Waals surface area contributed by atoms with Crippen molar-refractivity contribution in [2.75, 3.05) is 0 Å². The number of piperidine rings is 1. The fourth-order valence-electron chi connectivity index (χ4n) is 4.04. The molecule has 28 heavy (non-hydrogen) atoms. The monoisotopic (exact) mass is 378 g/mol. The lowest BCUT2D eigenvalue weighted by molar-refractivity contribution is -0.289. The number of benzene rings is 1. The fraction of sp³-hybridized carbons (Fsp3) is 0.391. The summed E-state index contributed by atoms with van der Waals surface area (Å²) in [5.74, 6) is -0.101. The number of rotatable bonds is 4. The average Bonchev–Trinajstić information content (AvgIpc) is 2.65. The van der Waals surface area contributed by atoms with E-state index in [0.717, 1.165) is 11.3 Å². The van der Waals surface area contributed by atoms with E-state index in [1.807, 2.05) is 82.3 Å². The van der Waals surface area contributed by atoms with Crippen LogP contribution in [0, 0.1) is 0 Å². The Morgan fingerprint density at radius 3 is 2.25 bits per heavy atom. The van der Waals surface area contributed by atoms with Crippen molar-refractivity contribution in [3.8, 4) is 0 Å². The zero-order valence-electron chi connectivity index (χ0n) is 17.0. The van der Waals surface area contributed by atoms with Gasteiger partial charge in [-0.05, 0) is 76.4 Å². The molecular formula is C23H28N3O2. The summed E-state index contributed by atoms with van der Waals surface area (Å²) in [7, 11) is 0. The van der Waals surface area contributed by atoms with Crippen LogP contribution in [-0.2, 0) is 5.21 Å². The number of carbonyl (C=O) groups is 1. The van der Waals surface area contributed by atoms with Crippen molar-refractivity contribution in [3.05, 3.63) is 65.5 Å². The number of amides is 1. The zero-order valence-corrected chi connectivity index (χ0v) is 17.0. The molecule has 0 aliphatic carbocycles. The summed E-state index contributed by atoms with van der Waals surface area (Å²) < 4.78 is 0. The standard InChI is InChI=1S/C23H28N3O2/c1-22(2)15-20(16-23(3,4)26(22)28)25-21(27)18-11-8-17(9-12-18)10-13-19-7-5-6-14-24-19/h5-14,20H,15-16H2,1-4H3,(H,25,27)/b13-10+. The van der Waals surface area contributed by atoms with Gasteiger partial charge in [-0.25, -0.2) is 0 Å². The lowest BCUT2D eigenvalue weighted by Crippen LogP contribution is -2.62. The molecule has 2 heterocycles. The van der Waals surface area contributed by atoms with Crippen LogP contribution in [0.4, 0.5) is 0 Å². The van der Waals surface area contributed by atoms with Crippen molar-refractivity contribution in [2.24, 2.45) is 0 Å². The van der Waals surface area contributed by atoms with Crippen LogP contribution in [0.15, 0.2) is 48.7 Å². The van der Waals surface area contributed by atoms with Crippen molar-refractivity contribution in [1.82, 2.24) is 15.4 Å². The predicted octanol–water partition coefficient (Wildman–Crippen LogP) is 4.35. The molecule has 1 aliphatic heterocycles. The lowest BCUT2D eigenvalue weighted by Gasteiger charge is -2.50. The summed E-state index contributed by atoms with van der Waals surface area (Å²) in [6.07, 6.45) is 6.94. The third-order valence-corrected chi connectivity index (χ3v) is 5.23. The maximum Gasteiger partial charge on any atom is 0.251 e. The number of hydrogen-bond acceptors (Lipinski definition) is 3.